The Hall–Kier alpha value is -0.870. The van der Waals surface area contributed by atoms with Gasteiger partial charge in [0.2, 0.25) is 0 Å². The van der Waals surface area contributed by atoms with Crippen LogP contribution < -0.4 is 5.32 Å². The molecule has 16 heavy (non-hydrogen) atoms. The average Bonchev–Trinajstić information content (AvgIpc) is 2.67. The molecule has 0 aliphatic carbocycles. The van der Waals surface area contributed by atoms with Gasteiger partial charge in [0.25, 0.3) is 0 Å². The zero-order valence-corrected chi connectivity index (χ0v) is 10.7. The van der Waals surface area contributed by atoms with Crippen molar-refractivity contribution < 1.29 is 4.74 Å². The van der Waals surface area contributed by atoms with Gasteiger partial charge in [0.1, 0.15) is 0 Å². The molecule has 0 spiro atoms. The highest BCUT2D eigenvalue weighted by Gasteiger charge is 2.23. The van der Waals surface area contributed by atoms with Gasteiger partial charge in [-0.3, -0.25) is 4.68 Å². The zero-order valence-electron chi connectivity index (χ0n) is 10.7. The van der Waals surface area contributed by atoms with Gasteiger partial charge in [-0.2, -0.15) is 5.10 Å². The summed E-state index contributed by atoms with van der Waals surface area (Å²) in [6.45, 7) is 4.96. The lowest BCUT2D eigenvalue weighted by atomic mass is 10.0. The number of nitrogens with one attached hydrogen (secondary N) is 1. The zero-order chi connectivity index (χ0) is 12.0. The van der Waals surface area contributed by atoms with Crippen molar-refractivity contribution >= 4 is 0 Å². The molecular weight excluding hydrogens is 202 g/mol. The van der Waals surface area contributed by atoms with Gasteiger partial charge in [-0.15, -0.1) is 0 Å². The molecule has 4 heteroatoms. The van der Waals surface area contributed by atoms with Gasteiger partial charge in [0.15, 0.2) is 0 Å². The second-order valence-electron chi connectivity index (χ2n) is 3.96. The van der Waals surface area contributed by atoms with E-state index in [4.69, 9.17) is 4.74 Å². The van der Waals surface area contributed by atoms with E-state index in [1.807, 2.05) is 38.0 Å². The van der Waals surface area contributed by atoms with Crippen molar-refractivity contribution in [3.8, 4) is 0 Å². The van der Waals surface area contributed by atoms with Crippen molar-refractivity contribution in [1.29, 1.82) is 0 Å². The van der Waals surface area contributed by atoms with E-state index in [1.165, 1.54) is 0 Å². The molecule has 0 saturated heterocycles. The van der Waals surface area contributed by atoms with Crippen LogP contribution in [0.4, 0.5) is 0 Å². The first-order valence-corrected chi connectivity index (χ1v) is 6.01. The summed E-state index contributed by atoms with van der Waals surface area (Å²) in [6.07, 6.45) is 4.34. The number of nitrogens with zero attached hydrogens (tertiary/aromatic N) is 2. The summed E-state index contributed by atoms with van der Waals surface area (Å²) in [5.41, 5.74) is 1.05. The normalized spacial score (nSPS) is 15.0. The molecule has 92 valence electrons. The third kappa shape index (κ3) is 3.32. The van der Waals surface area contributed by atoms with Crippen molar-refractivity contribution in [2.24, 2.45) is 7.05 Å². The van der Waals surface area contributed by atoms with Crippen LogP contribution in [0, 0.1) is 0 Å². The fourth-order valence-electron chi connectivity index (χ4n) is 1.97. The van der Waals surface area contributed by atoms with Crippen molar-refractivity contribution in [3.05, 3.63) is 18.0 Å². The van der Waals surface area contributed by atoms with Crippen molar-refractivity contribution in [1.82, 2.24) is 15.1 Å². The first-order valence-electron chi connectivity index (χ1n) is 6.01. The van der Waals surface area contributed by atoms with Crippen LogP contribution in [0.15, 0.2) is 12.3 Å². The highest BCUT2D eigenvalue weighted by Crippen LogP contribution is 2.20. The van der Waals surface area contributed by atoms with Crippen LogP contribution in [0.3, 0.4) is 0 Å². The summed E-state index contributed by atoms with van der Waals surface area (Å²) in [6, 6.07) is 2.23. The van der Waals surface area contributed by atoms with Gasteiger partial charge in [-0.1, -0.05) is 13.3 Å². The molecule has 0 bridgehead atoms. The van der Waals surface area contributed by atoms with Gasteiger partial charge < -0.3 is 10.1 Å². The predicted molar refractivity (Wildman–Crippen MR) is 65.3 cm³/mol. The smallest absolute Gasteiger partial charge is 0.0820 e. The van der Waals surface area contributed by atoms with Gasteiger partial charge in [0.05, 0.1) is 17.8 Å². The van der Waals surface area contributed by atoms with Gasteiger partial charge in [-0.05, 0) is 26.5 Å². The average molecular weight is 225 g/mol. The maximum atomic E-state index is 5.79. The number of hydrogen-bond donors (Lipinski definition) is 1. The molecule has 0 amide bonds. The minimum absolute atomic E-state index is 0.182. The number of aryl methyl sites for hydroxylation is 1. The number of hydrogen-bond acceptors (Lipinski definition) is 3. The largest absolute Gasteiger partial charge is 0.376 e. The standard InChI is InChI=1S/C12H23N3O/c1-5-7-11(16-6-2)12(13-3)10-8-9-15(4)14-10/h8-9,11-13H,5-7H2,1-4H3. The van der Waals surface area contributed by atoms with E-state index in [9.17, 15) is 0 Å². The Morgan fingerprint density at radius 3 is 2.69 bits per heavy atom. The van der Waals surface area contributed by atoms with Gasteiger partial charge in [0, 0.05) is 19.9 Å². The molecule has 4 nitrogen and oxygen atoms in total. The Morgan fingerprint density at radius 1 is 1.50 bits per heavy atom. The summed E-state index contributed by atoms with van der Waals surface area (Å²) < 4.78 is 7.62. The minimum atomic E-state index is 0.182. The molecule has 1 heterocycles. The number of likely N-dealkylation sites (N-methyl/N-ethyl adjacent to an activating group) is 1. The molecule has 0 aliphatic rings. The highest BCUT2D eigenvalue weighted by molar-refractivity contribution is 5.07. The summed E-state index contributed by atoms with van der Waals surface area (Å²) in [4.78, 5) is 0. The molecule has 1 rings (SSSR count). The summed E-state index contributed by atoms with van der Waals surface area (Å²) in [5, 5.41) is 7.74. The number of rotatable bonds is 7. The van der Waals surface area contributed by atoms with Crippen LogP contribution in [0.1, 0.15) is 38.4 Å². The molecule has 2 unspecified atom stereocenters. The minimum Gasteiger partial charge on any atom is -0.376 e. The molecule has 1 N–H and O–H groups in total. The maximum absolute atomic E-state index is 5.79. The molecule has 2 atom stereocenters. The fourth-order valence-corrected chi connectivity index (χ4v) is 1.97. The Morgan fingerprint density at radius 2 is 2.25 bits per heavy atom. The summed E-state index contributed by atoms with van der Waals surface area (Å²) in [5.74, 6) is 0. The molecule has 0 aliphatic heterocycles. The van der Waals surface area contributed by atoms with Crippen LogP contribution in [0.25, 0.3) is 0 Å². The summed E-state index contributed by atoms with van der Waals surface area (Å²) in [7, 11) is 3.90. The number of ether oxygens (including phenoxy) is 1. The molecule has 1 aromatic rings. The van der Waals surface area contributed by atoms with Gasteiger partial charge in [-0.25, -0.2) is 0 Å². The van der Waals surface area contributed by atoms with E-state index in [2.05, 4.69) is 17.3 Å². The molecule has 0 radical (unpaired) electrons. The second-order valence-corrected chi connectivity index (χ2v) is 3.96. The lowest BCUT2D eigenvalue weighted by molar-refractivity contribution is 0.0284. The Kier molecular flexibility index (Phi) is 5.49. The maximum Gasteiger partial charge on any atom is 0.0820 e. The number of aromatic nitrogens is 2. The van der Waals surface area contributed by atoms with E-state index in [0.717, 1.165) is 25.1 Å². The van der Waals surface area contributed by atoms with Crippen molar-refractivity contribution in [2.45, 2.75) is 38.8 Å². The molecule has 0 aromatic carbocycles. The predicted octanol–water partition coefficient (Wildman–Crippen LogP) is 1.89. The first kappa shape index (κ1) is 13.2. The third-order valence-electron chi connectivity index (χ3n) is 2.69. The molecule has 0 saturated carbocycles. The van der Waals surface area contributed by atoms with Gasteiger partial charge >= 0.3 is 0 Å². The van der Waals surface area contributed by atoms with E-state index in [0.29, 0.717) is 0 Å². The van der Waals surface area contributed by atoms with Crippen LogP contribution >= 0.6 is 0 Å². The molecule has 0 fully saturated rings. The lowest BCUT2D eigenvalue weighted by Gasteiger charge is -2.25. The monoisotopic (exact) mass is 225 g/mol. The second kappa shape index (κ2) is 6.66. The quantitative estimate of drug-likeness (QED) is 0.770. The van der Waals surface area contributed by atoms with E-state index < -0.39 is 0 Å². The topological polar surface area (TPSA) is 39.1 Å². The highest BCUT2D eigenvalue weighted by atomic mass is 16.5. The lowest BCUT2D eigenvalue weighted by Crippen LogP contribution is -2.32. The molecule has 1 aromatic heterocycles. The van der Waals surface area contributed by atoms with E-state index >= 15 is 0 Å². The van der Waals surface area contributed by atoms with Crippen LogP contribution in [0.5, 0.6) is 0 Å². The summed E-state index contributed by atoms with van der Waals surface area (Å²) >= 11 is 0. The Labute approximate surface area is 98.0 Å². The fraction of sp³-hybridized carbons (Fsp3) is 0.750. The van der Waals surface area contributed by atoms with Crippen molar-refractivity contribution in [3.63, 3.8) is 0 Å². The SMILES string of the molecule is CCCC(OCC)C(NC)c1ccn(C)n1. The van der Waals surface area contributed by atoms with Crippen LogP contribution in [-0.2, 0) is 11.8 Å². The first-order chi connectivity index (χ1) is 7.72. The van der Waals surface area contributed by atoms with E-state index in [-0.39, 0.29) is 12.1 Å². The van der Waals surface area contributed by atoms with Crippen LogP contribution in [0.2, 0.25) is 0 Å². The third-order valence-corrected chi connectivity index (χ3v) is 2.69. The van der Waals surface area contributed by atoms with E-state index in [1.54, 1.807) is 0 Å². The Bertz CT molecular complexity index is 292. The molecular formula is C12H23N3O. The Balaban J connectivity index is 2.76. The van der Waals surface area contributed by atoms with Crippen molar-refractivity contribution in [2.75, 3.05) is 13.7 Å². The van der Waals surface area contributed by atoms with Crippen LogP contribution in [-0.4, -0.2) is 29.5 Å².